The SMILES string of the molecule is CC=CCNCCCCCCCCCCCC(=O)O. The molecular weight excluding hydrogens is 238 g/mol. The number of hydrogen-bond acceptors (Lipinski definition) is 2. The molecule has 0 aromatic rings. The molecule has 0 aliphatic carbocycles. The third-order valence-electron chi connectivity index (χ3n) is 3.24. The molecule has 0 heterocycles. The van der Waals surface area contributed by atoms with Gasteiger partial charge in [-0.15, -0.1) is 0 Å². The summed E-state index contributed by atoms with van der Waals surface area (Å²) in [4.78, 5) is 10.3. The van der Waals surface area contributed by atoms with E-state index in [9.17, 15) is 4.79 Å². The first-order chi connectivity index (χ1) is 9.27. The van der Waals surface area contributed by atoms with Crippen LogP contribution in [0.4, 0.5) is 0 Å². The molecule has 0 aromatic heterocycles. The summed E-state index contributed by atoms with van der Waals surface area (Å²) in [6.07, 6.45) is 15.5. The van der Waals surface area contributed by atoms with Crippen molar-refractivity contribution < 1.29 is 9.90 Å². The van der Waals surface area contributed by atoms with E-state index >= 15 is 0 Å². The lowest BCUT2D eigenvalue weighted by Gasteiger charge is -2.03. The van der Waals surface area contributed by atoms with Crippen molar-refractivity contribution in [1.29, 1.82) is 0 Å². The maximum Gasteiger partial charge on any atom is 0.303 e. The van der Waals surface area contributed by atoms with E-state index in [4.69, 9.17) is 5.11 Å². The van der Waals surface area contributed by atoms with E-state index in [1.165, 1.54) is 44.9 Å². The van der Waals surface area contributed by atoms with E-state index in [1.54, 1.807) is 0 Å². The molecule has 19 heavy (non-hydrogen) atoms. The number of carbonyl (C=O) groups is 1. The van der Waals surface area contributed by atoms with Crippen molar-refractivity contribution in [3.63, 3.8) is 0 Å². The largest absolute Gasteiger partial charge is 0.481 e. The Kier molecular flexibility index (Phi) is 14.6. The van der Waals surface area contributed by atoms with Crippen molar-refractivity contribution in [2.45, 2.75) is 71.1 Å². The Morgan fingerprint density at radius 3 is 2.00 bits per heavy atom. The Bertz CT molecular complexity index is 227. The number of aliphatic carboxylic acids is 1. The molecule has 0 atom stereocenters. The summed E-state index contributed by atoms with van der Waals surface area (Å²) in [5.74, 6) is -0.664. The van der Waals surface area contributed by atoms with Crippen LogP contribution in [0.25, 0.3) is 0 Å². The Morgan fingerprint density at radius 2 is 1.47 bits per heavy atom. The average molecular weight is 269 g/mol. The lowest BCUT2D eigenvalue weighted by molar-refractivity contribution is -0.137. The van der Waals surface area contributed by atoms with Gasteiger partial charge in [-0.1, -0.05) is 57.1 Å². The standard InChI is InChI=1S/C16H31NO2/c1-2-3-14-17-15-12-10-8-6-4-5-7-9-11-13-16(18)19/h2-3,17H,4-15H2,1H3,(H,18,19). The second-order valence-corrected chi connectivity index (χ2v) is 5.10. The summed E-state index contributed by atoms with van der Waals surface area (Å²) in [5.41, 5.74) is 0. The highest BCUT2D eigenvalue weighted by Crippen LogP contribution is 2.10. The predicted molar refractivity (Wildman–Crippen MR) is 81.5 cm³/mol. The summed E-state index contributed by atoms with van der Waals surface area (Å²) >= 11 is 0. The minimum Gasteiger partial charge on any atom is -0.481 e. The van der Waals surface area contributed by atoms with Crippen LogP contribution in [0.1, 0.15) is 71.1 Å². The van der Waals surface area contributed by atoms with Crippen molar-refractivity contribution in [3.05, 3.63) is 12.2 Å². The molecule has 0 unspecified atom stereocenters. The molecule has 0 bridgehead atoms. The maximum absolute atomic E-state index is 10.3. The van der Waals surface area contributed by atoms with E-state index in [0.29, 0.717) is 6.42 Å². The van der Waals surface area contributed by atoms with Crippen molar-refractivity contribution in [3.8, 4) is 0 Å². The molecule has 0 spiro atoms. The van der Waals surface area contributed by atoms with E-state index in [0.717, 1.165) is 25.9 Å². The van der Waals surface area contributed by atoms with Crippen molar-refractivity contribution in [1.82, 2.24) is 5.32 Å². The fourth-order valence-electron chi connectivity index (χ4n) is 2.07. The lowest BCUT2D eigenvalue weighted by atomic mass is 10.1. The van der Waals surface area contributed by atoms with Gasteiger partial charge in [-0.3, -0.25) is 4.79 Å². The Hall–Kier alpha value is -0.830. The fraction of sp³-hybridized carbons (Fsp3) is 0.812. The van der Waals surface area contributed by atoms with Gasteiger partial charge in [0.1, 0.15) is 0 Å². The van der Waals surface area contributed by atoms with Gasteiger partial charge in [0.2, 0.25) is 0 Å². The maximum atomic E-state index is 10.3. The molecular formula is C16H31NO2. The van der Waals surface area contributed by atoms with Gasteiger partial charge in [0.25, 0.3) is 0 Å². The Morgan fingerprint density at radius 1 is 0.947 bits per heavy atom. The first-order valence-corrected chi connectivity index (χ1v) is 7.81. The Labute approximate surface area is 118 Å². The van der Waals surface area contributed by atoms with Crippen molar-refractivity contribution >= 4 is 5.97 Å². The van der Waals surface area contributed by atoms with E-state index in [2.05, 4.69) is 17.5 Å². The molecule has 0 amide bonds. The summed E-state index contributed by atoms with van der Waals surface area (Å²) in [5, 5.41) is 11.9. The van der Waals surface area contributed by atoms with Crippen LogP contribution < -0.4 is 5.32 Å². The number of nitrogens with one attached hydrogen (secondary N) is 1. The normalized spacial score (nSPS) is 11.2. The molecule has 112 valence electrons. The van der Waals surface area contributed by atoms with E-state index in [1.807, 2.05) is 6.92 Å². The lowest BCUT2D eigenvalue weighted by Crippen LogP contribution is -2.14. The first kappa shape index (κ1) is 18.2. The molecule has 2 N–H and O–H groups in total. The van der Waals surface area contributed by atoms with Gasteiger partial charge in [-0.05, 0) is 26.3 Å². The average Bonchev–Trinajstić information content (AvgIpc) is 2.39. The highest BCUT2D eigenvalue weighted by Gasteiger charge is 1.96. The topological polar surface area (TPSA) is 49.3 Å². The number of carboxylic acids is 1. The zero-order chi connectivity index (χ0) is 14.2. The predicted octanol–water partition coefficient (Wildman–Crippen LogP) is 4.14. The quantitative estimate of drug-likeness (QED) is 0.368. The number of hydrogen-bond donors (Lipinski definition) is 2. The van der Waals surface area contributed by atoms with Gasteiger partial charge >= 0.3 is 5.97 Å². The van der Waals surface area contributed by atoms with Gasteiger partial charge in [-0.2, -0.15) is 0 Å². The monoisotopic (exact) mass is 269 g/mol. The molecule has 0 rings (SSSR count). The second kappa shape index (κ2) is 15.2. The van der Waals surface area contributed by atoms with Crippen LogP contribution in [0.2, 0.25) is 0 Å². The molecule has 3 nitrogen and oxygen atoms in total. The third-order valence-corrected chi connectivity index (χ3v) is 3.24. The minimum absolute atomic E-state index is 0.334. The van der Waals surface area contributed by atoms with Gasteiger partial charge in [0.15, 0.2) is 0 Å². The minimum atomic E-state index is -0.664. The van der Waals surface area contributed by atoms with Gasteiger partial charge in [-0.25, -0.2) is 0 Å². The van der Waals surface area contributed by atoms with Crippen LogP contribution in [-0.4, -0.2) is 24.2 Å². The van der Waals surface area contributed by atoms with Crippen molar-refractivity contribution in [2.24, 2.45) is 0 Å². The summed E-state index contributed by atoms with van der Waals surface area (Å²) < 4.78 is 0. The zero-order valence-corrected chi connectivity index (χ0v) is 12.5. The van der Waals surface area contributed by atoms with Crippen LogP contribution in [0.15, 0.2) is 12.2 Å². The van der Waals surface area contributed by atoms with E-state index < -0.39 is 5.97 Å². The van der Waals surface area contributed by atoms with Crippen LogP contribution >= 0.6 is 0 Å². The molecule has 0 aromatic carbocycles. The van der Waals surface area contributed by atoms with E-state index in [-0.39, 0.29) is 0 Å². The Balaban J connectivity index is 2.97. The number of carboxylic acid groups (broad SMARTS) is 1. The number of unbranched alkanes of at least 4 members (excludes halogenated alkanes) is 8. The smallest absolute Gasteiger partial charge is 0.303 e. The fourth-order valence-corrected chi connectivity index (χ4v) is 2.07. The zero-order valence-electron chi connectivity index (χ0n) is 12.5. The van der Waals surface area contributed by atoms with Crippen molar-refractivity contribution in [2.75, 3.05) is 13.1 Å². The molecule has 0 saturated heterocycles. The molecule has 0 radical (unpaired) electrons. The van der Waals surface area contributed by atoms with Crippen LogP contribution in [-0.2, 0) is 4.79 Å². The van der Waals surface area contributed by atoms with Crippen LogP contribution in [0.3, 0.4) is 0 Å². The highest BCUT2D eigenvalue weighted by molar-refractivity contribution is 5.66. The van der Waals surface area contributed by atoms with Gasteiger partial charge in [0.05, 0.1) is 0 Å². The number of allylic oxidation sites excluding steroid dienone is 1. The molecule has 0 aliphatic heterocycles. The molecule has 0 fully saturated rings. The molecule has 0 aliphatic rings. The highest BCUT2D eigenvalue weighted by atomic mass is 16.4. The molecule has 3 heteroatoms. The first-order valence-electron chi connectivity index (χ1n) is 7.81. The number of rotatable bonds is 14. The van der Waals surface area contributed by atoms with Gasteiger partial charge in [0, 0.05) is 13.0 Å². The summed E-state index contributed by atoms with van der Waals surface area (Å²) in [6.45, 7) is 4.16. The summed E-state index contributed by atoms with van der Waals surface area (Å²) in [6, 6.07) is 0. The molecule has 0 saturated carbocycles. The second-order valence-electron chi connectivity index (χ2n) is 5.10. The van der Waals surface area contributed by atoms with Crippen LogP contribution in [0.5, 0.6) is 0 Å². The summed E-state index contributed by atoms with van der Waals surface area (Å²) in [7, 11) is 0. The third kappa shape index (κ3) is 17.2. The van der Waals surface area contributed by atoms with Crippen LogP contribution in [0, 0.1) is 0 Å². The van der Waals surface area contributed by atoms with Gasteiger partial charge < -0.3 is 10.4 Å².